The topological polar surface area (TPSA) is 98.6 Å². The number of anilines is 1. The van der Waals surface area contributed by atoms with Gasteiger partial charge in [-0.2, -0.15) is 0 Å². The number of imidazole rings is 1. The van der Waals surface area contributed by atoms with E-state index in [-0.39, 0.29) is 29.4 Å². The van der Waals surface area contributed by atoms with Gasteiger partial charge in [-0.1, -0.05) is 12.1 Å². The molecule has 0 radical (unpaired) electrons. The number of hydrogen-bond acceptors (Lipinski definition) is 6. The van der Waals surface area contributed by atoms with E-state index in [0.717, 1.165) is 61.9 Å². The van der Waals surface area contributed by atoms with Crippen LogP contribution in [0.4, 0.5) is 10.2 Å². The fraction of sp³-hybridized carbons (Fsp3) is 0.406. The molecule has 0 aliphatic carbocycles. The first kappa shape index (κ1) is 28.0. The summed E-state index contributed by atoms with van der Waals surface area (Å²) in [6, 6.07) is 17.6. The van der Waals surface area contributed by atoms with Crippen LogP contribution in [0.3, 0.4) is 0 Å². The molecule has 2 saturated heterocycles. The lowest BCUT2D eigenvalue weighted by molar-refractivity contribution is -0.138. The fourth-order valence-electron chi connectivity index (χ4n) is 6.38. The van der Waals surface area contributed by atoms with E-state index in [0.29, 0.717) is 37.8 Å². The van der Waals surface area contributed by atoms with Crippen molar-refractivity contribution in [3.05, 3.63) is 88.7 Å². The molecule has 2 aromatic carbocycles. The number of rotatable bonds is 8. The Morgan fingerprint density at radius 3 is 2.38 bits per heavy atom. The van der Waals surface area contributed by atoms with Crippen molar-refractivity contribution in [2.24, 2.45) is 5.92 Å². The number of nitrogens with zero attached hydrogens (tertiary/aromatic N) is 5. The maximum Gasteiger partial charge on any atom is 0.329 e. The number of para-hydroxylation sites is 2. The summed E-state index contributed by atoms with van der Waals surface area (Å²) in [6.07, 6.45) is 4.93. The number of aromatic nitrogens is 3. The second-order valence-corrected chi connectivity index (χ2v) is 11.3. The Labute approximate surface area is 244 Å². The molecule has 4 aromatic rings. The highest BCUT2D eigenvalue weighted by molar-refractivity contribution is 5.79. The number of hydrogen-bond donors (Lipinski definition) is 1. The predicted molar refractivity (Wildman–Crippen MR) is 160 cm³/mol. The van der Waals surface area contributed by atoms with E-state index in [4.69, 9.17) is 10.5 Å². The monoisotopic (exact) mass is 572 g/mol. The minimum absolute atomic E-state index is 0.0281. The van der Waals surface area contributed by atoms with Crippen molar-refractivity contribution in [3.63, 3.8) is 0 Å². The Morgan fingerprint density at radius 2 is 1.67 bits per heavy atom. The van der Waals surface area contributed by atoms with Crippen LogP contribution in [0.5, 0.6) is 5.75 Å². The van der Waals surface area contributed by atoms with Crippen molar-refractivity contribution in [2.45, 2.75) is 44.8 Å². The van der Waals surface area contributed by atoms with Crippen molar-refractivity contribution < 1.29 is 13.9 Å². The van der Waals surface area contributed by atoms with Crippen LogP contribution in [0.2, 0.25) is 0 Å². The molecule has 9 nitrogen and oxygen atoms in total. The summed E-state index contributed by atoms with van der Waals surface area (Å²) >= 11 is 0. The van der Waals surface area contributed by atoms with E-state index in [1.165, 1.54) is 12.1 Å². The number of carbonyl (C=O) groups is 1. The molecule has 1 amide bonds. The van der Waals surface area contributed by atoms with E-state index >= 15 is 0 Å². The van der Waals surface area contributed by atoms with Gasteiger partial charge in [-0.25, -0.2) is 14.2 Å². The second-order valence-electron chi connectivity index (χ2n) is 11.3. The third kappa shape index (κ3) is 6.04. The third-order valence-electron chi connectivity index (χ3n) is 8.60. The number of fused-ring (bicyclic) bond motifs is 1. The zero-order chi connectivity index (χ0) is 29.1. The first-order chi connectivity index (χ1) is 20.5. The number of nitrogens with two attached hydrogens (primary N) is 1. The van der Waals surface area contributed by atoms with Crippen molar-refractivity contribution in [3.8, 4) is 5.75 Å². The molecule has 2 aliphatic rings. The van der Waals surface area contributed by atoms with Crippen LogP contribution in [0, 0.1) is 11.7 Å². The molecule has 42 heavy (non-hydrogen) atoms. The number of piperidine rings is 2. The number of amides is 1. The van der Waals surface area contributed by atoms with Gasteiger partial charge >= 0.3 is 5.69 Å². The van der Waals surface area contributed by atoms with E-state index in [1.807, 2.05) is 45.9 Å². The van der Waals surface area contributed by atoms with Gasteiger partial charge in [-0.05, 0) is 92.9 Å². The molecule has 2 N–H and O–H groups in total. The SMILES string of the molecule is Nc1cc(CN2CCC(C(=O)N3CCC(n4c(=O)n(CCOc5ccc(F)cc5)c5ccccc54)CC3)CC2)ccn1. The summed E-state index contributed by atoms with van der Waals surface area (Å²) in [5.74, 6) is 1.07. The molecule has 0 atom stereocenters. The zero-order valence-electron chi connectivity index (χ0n) is 23.7. The Morgan fingerprint density at radius 1 is 0.952 bits per heavy atom. The van der Waals surface area contributed by atoms with Gasteiger partial charge in [0, 0.05) is 37.8 Å². The number of nitrogen functional groups attached to an aromatic ring is 1. The van der Waals surface area contributed by atoms with Gasteiger partial charge < -0.3 is 15.4 Å². The molecular weight excluding hydrogens is 535 g/mol. The summed E-state index contributed by atoms with van der Waals surface area (Å²) in [5, 5.41) is 0. The lowest BCUT2D eigenvalue weighted by Gasteiger charge is -2.37. The molecule has 2 aliphatic heterocycles. The van der Waals surface area contributed by atoms with Gasteiger partial charge in [-0.15, -0.1) is 0 Å². The summed E-state index contributed by atoms with van der Waals surface area (Å²) < 4.78 is 22.6. The first-order valence-electron chi connectivity index (χ1n) is 14.8. The lowest BCUT2D eigenvalue weighted by atomic mass is 9.93. The van der Waals surface area contributed by atoms with Crippen LogP contribution in [0.15, 0.2) is 71.7 Å². The van der Waals surface area contributed by atoms with Crippen LogP contribution in [-0.2, 0) is 17.9 Å². The average Bonchev–Trinajstić information content (AvgIpc) is 3.29. The molecular formula is C32H37FN6O3. The molecule has 2 fully saturated rings. The maximum absolute atomic E-state index is 13.6. The number of pyridine rings is 1. The van der Waals surface area contributed by atoms with Crippen LogP contribution < -0.4 is 16.2 Å². The smallest absolute Gasteiger partial charge is 0.329 e. The minimum atomic E-state index is -0.317. The molecule has 10 heteroatoms. The highest BCUT2D eigenvalue weighted by Gasteiger charge is 2.32. The Kier molecular flexibility index (Phi) is 8.23. The van der Waals surface area contributed by atoms with Gasteiger partial charge in [0.15, 0.2) is 0 Å². The van der Waals surface area contributed by atoms with E-state index in [2.05, 4.69) is 9.88 Å². The fourth-order valence-corrected chi connectivity index (χ4v) is 6.38. The molecule has 6 rings (SSSR count). The van der Waals surface area contributed by atoms with Gasteiger partial charge in [-0.3, -0.25) is 18.8 Å². The van der Waals surface area contributed by atoms with E-state index < -0.39 is 0 Å². The summed E-state index contributed by atoms with van der Waals surface area (Å²) in [4.78, 5) is 35.5. The summed E-state index contributed by atoms with van der Waals surface area (Å²) in [5.41, 5.74) is 8.67. The standard InChI is InChI=1S/C32H37FN6O3/c33-25-5-7-27(8-6-25)42-20-19-38-28-3-1-2-4-29(28)39(32(38)41)26-12-17-37(18-13-26)31(40)24-10-15-36(16-11-24)22-23-9-14-35-30(34)21-23/h1-9,14,21,24,26H,10-13,15-20,22H2,(H2,34,35). The molecule has 0 spiro atoms. The number of ether oxygens (including phenoxy) is 1. The third-order valence-corrected chi connectivity index (χ3v) is 8.60. The molecule has 2 aromatic heterocycles. The van der Waals surface area contributed by atoms with Gasteiger partial charge in [0.2, 0.25) is 5.91 Å². The summed E-state index contributed by atoms with van der Waals surface area (Å²) in [7, 11) is 0. The predicted octanol–water partition coefficient (Wildman–Crippen LogP) is 4.07. The van der Waals surface area contributed by atoms with Gasteiger partial charge in [0.05, 0.1) is 17.6 Å². The molecule has 220 valence electrons. The molecule has 0 bridgehead atoms. The Bertz CT molecular complexity index is 1580. The minimum Gasteiger partial charge on any atom is -0.492 e. The maximum atomic E-state index is 13.6. The van der Waals surface area contributed by atoms with Crippen molar-refractivity contribution >= 4 is 22.8 Å². The van der Waals surface area contributed by atoms with Gasteiger partial charge in [0.1, 0.15) is 24.0 Å². The van der Waals surface area contributed by atoms with Gasteiger partial charge in [0.25, 0.3) is 0 Å². The highest BCUT2D eigenvalue weighted by Crippen LogP contribution is 2.29. The molecule has 4 heterocycles. The number of halogens is 1. The second kappa shape index (κ2) is 12.4. The van der Waals surface area contributed by atoms with E-state index in [9.17, 15) is 14.0 Å². The lowest BCUT2D eigenvalue weighted by Crippen LogP contribution is -2.46. The van der Waals surface area contributed by atoms with Crippen LogP contribution in [-0.4, -0.2) is 62.6 Å². The van der Waals surface area contributed by atoms with E-state index in [1.54, 1.807) is 22.9 Å². The number of carbonyl (C=O) groups excluding carboxylic acids is 1. The van der Waals surface area contributed by atoms with Crippen LogP contribution in [0.25, 0.3) is 11.0 Å². The summed E-state index contributed by atoms with van der Waals surface area (Å²) in [6.45, 7) is 4.57. The largest absolute Gasteiger partial charge is 0.492 e. The Balaban J connectivity index is 1.05. The number of benzene rings is 2. The van der Waals surface area contributed by atoms with Crippen molar-refractivity contribution in [1.82, 2.24) is 23.9 Å². The Hall–Kier alpha value is -4.18. The quantitative estimate of drug-likeness (QED) is 0.342. The van der Waals surface area contributed by atoms with Crippen molar-refractivity contribution in [1.29, 1.82) is 0 Å². The zero-order valence-corrected chi connectivity index (χ0v) is 23.7. The normalized spacial score (nSPS) is 17.1. The average molecular weight is 573 g/mol. The number of likely N-dealkylation sites (tertiary alicyclic amines) is 2. The first-order valence-corrected chi connectivity index (χ1v) is 14.8. The molecule has 0 unspecified atom stereocenters. The van der Waals surface area contributed by atoms with Crippen LogP contribution >= 0.6 is 0 Å². The van der Waals surface area contributed by atoms with Crippen molar-refractivity contribution in [2.75, 3.05) is 38.5 Å². The highest BCUT2D eigenvalue weighted by atomic mass is 19.1. The molecule has 0 saturated carbocycles. The van der Waals surface area contributed by atoms with Crippen LogP contribution in [0.1, 0.15) is 37.3 Å².